The quantitative estimate of drug-likeness (QED) is 0.255. The Morgan fingerprint density at radius 3 is 2.15 bits per heavy atom. The number of nitriles is 1. The van der Waals surface area contributed by atoms with Gasteiger partial charge in [0.2, 0.25) is 0 Å². The van der Waals surface area contributed by atoms with Crippen molar-refractivity contribution < 1.29 is 27.9 Å². The number of aromatic carboxylic acids is 1. The molecule has 0 aliphatic carbocycles. The van der Waals surface area contributed by atoms with Crippen LogP contribution in [0.1, 0.15) is 31.8 Å². The SMILES string of the molecule is N#Cc1ccc(-c2ccc3c(-c4ccc(C(=O)O)cc4)nn(C(=O)c4c(Cl)cccc4C(F)(F)F)c3c2)cc1. The van der Waals surface area contributed by atoms with Gasteiger partial charge in [0.25, 0.3) is 5.91 Å². The van der Waals surface area contributed by atoms with Crippen LogP contribution in [0, 0.1) is 11.3 Å². The van der Waals surface area contributed by atoms with E-state index in [9.17, 15) is 27.9 Å². The topological polar surface area (TPSA) is 96.0 Å². The maximum Gasteiger partial charge on any atom is 0.417 e. The molecule has 0 aliphatic rings. The van der Waals surface area contributed by atoms with Gasteiger partial charge in [0.1, 0.15) is 5.69 Å². The van der Waals surface area contributed by atoms with E-state index in [1.54, 1.807) is 42.5 Å². The summed E-state index contributed by atoms with van der Waals surface area (Å²) in [6, 6.07) is 22.6. The van der Waals surface area contributed by atoms with Gasteiger partial charge < -0.3 is 5.11 Å². The van der Waals surface area contributed by atoms with E-state index in [2.05, 4.69) is 5.10 Å². The second-order valence-electron chi connectivity index (χ2n) is 8.53. The van der Waals surface area contributed by atoms with E-state index in [4.69, 9.17) is 16.9 Å². The molecule has 5 aromatic rings. The van der Waals surface area contributed by atoms with Crippen LogP contribution >= 0.6 is 11.6 Å². The molecule has 1 N–H and O–H groups in total. The largest absolute Gasteiger partial charge is 0.478 e. The molecule has 5 rings (SSSR count). The van der Waals surface area contributed by atoms with Crippen LogP contribution in [0.4, 0.5) is 13.2 Å². The molecule has 0 aliphatic heterocycles. The van der Waals surface area contributed by atoms with Crippen molar-refractivity contribution in [3.63, 3.8) is 0 Å². The van der Waals surface area contributed by atoms with Gasteiger partial charge in [-0.15, -0.1) is 0 Å². The Bertz CT molecular complexity index is 1800. The lowest BCUT2D eigenvalue weighted by Gasteiger charge is -2.13. The molecule has 0 unspecified atom stereocenters. The Labute approximate surface area is 224 Å². The van der Waals surface area contributed by atoms with Gasteiger partial charge in [0.05, 0.1) is 38.9 Å². The summed E-state index contributed by atoms with van der Waals surface area (Å²) in [5.74, 6) is -2.21. The number of fused-ring (bicyclic) bond motifs is 1. The van der Waals surface area contributed by atoms with Crippen LogP contribution in [-0.2, 0) is 6.18 Å². The number of hydrogen-bond donors (Lipinski definition) is 1. The highest BCUT2D eigenvalue weighted by molar-refractivity contribution is 6.34. The molecule has 1 heterocycles. The molecular formula is C29H15ClF3N3O3. The highest BCUT2D eigenvalue weighted by atomic mass is 35.5. The summed E-state index contributed by atoms with van der Waals surface area (Å²) in [4.78, 5) is 25.0. The summed E-state index contributed by atoms with van der Waals surface area (Å²) in [6.45, 7) is 0. The second-order valence-corrected chi connectivity index (χ2v) is 8.94. The Morgan fingerprint density at radius 2 is 1.54 bits per heavy atom. The number of aromatic nitrogens is 2. The minimum absolute atomic E-state index is 0.0348. The molecule has 0 saturated carbocycles. The number of carboxylic acids is 1. The summed E-state index contributed by atoms with van der Waals surface area (Å²) in [6.07, 6.45) is -4.85. The smallest absolute Gasteiger partial charge is 0.417 e. The number of nitrogens with zero attached hydrogens (tertiary/aromatic N) is 3. The number of carboxylic acid groups (broad SMARTS) is 1. The molecule has 0 atom stereocenters. The van der Waals surface area contributed by atoms with E-state index in [0.29, 0.717) is 27.6 Å². The molecule has 4 aromatic carbocycles. The van der Waals surface area contributed by atoms with Crippen LogP contribution in [0.25, 0.3) is 33.3 Å². The van der Waals surface area contributed by atoms with Gasteiger partial charge in [-0.05, 0) is 59.7 Å². The first-order valence-corrected chi connectivity index (χ1v) is 11.7. The normalized spacial score (nSPS) is 11.4. The summed E-state index contributed by atoms with van der Waals surface area (Å²) < 4.78 is 42.4. The lowest BCUT2D eigenvalue weighted by Crippen LogP contribution is -2.20. The zero-order chi connectivity index (χ0) is 27.9. The van der Waals surface area contributed by atoms with Gasteiger partial charge in [-0.3, -0.25) is 4.79 Å². The molecule has 0 amide bonds. The van der Waals surface area contributed by atoms with Crippen molar-refractivity contribution >= 4 is 34.4 Å². The number of alkyl halides is 3. The van der Waals surface area contributed by atoms with Crippen molar-refractivity contribution in [3.05, 3.63) is 112 Å². The molecule has 1 aromatic heterocycles. The van der Waals surface area contributed by atoms with Crippen LogP contribution < -0.4 is 0 Å². The third-order valence-corrected chi connectivity index (χ3v) is 6.47. The first-order chi connectivity index (χ1) is 18.6. The number of halogens is 4. The van der Waals surface area contributed by atoms with E-state index < -0.39 is 29.2 Å². The Balaban J connectivity index is 1.75. The van der Waals surface area contributed by atoms with E-state index in [1.165, 1.54) is 30.3 Å². The molecule has 39 heavy (non-hydrogen) atoms. The number of rotatable bonds is 4. The maximum atomic E-state index is 13.8. The third-order valence-electron chi connectivity index (χ3n) is 6.16. The second kappa shape index (κ2) is 9.74. The minimum Gasteiger partial charge on any atom is -0.478 e. The van der Waals surface area contributed by atoms with Crippen molar-refractivity contribution in [2.24, 2.45) is 0 Å². The number of hydrogen-bond acceptors (Lipinski definition) is 4. The van der Waals surface area contributed by atoms with Crippen molar-refractivity contribution in [2.45, 2.75) is 6.18 Å². The van der Waals surface area contributed by atoms with E-state index in [1.807, 2.05) is 6.07 Å². The Morgan fingerprint density at radius 1 is 0.897 bits per heavy atom. The van der Waals surface area contributed by atoms with E-state index in [0.717, 1.165) is 16.8 Å². The van der Waals surface area contributed by atoms with Crippen LogP contribution in [0.15, 0.2) is 84.9 Å². The minimum atomic E-state index is -4.85. The van der Waals surface area contributed by atoms with Crippen molar-refractivity contribution in [2.75, 3.05) is 0 Å². The fourth-order valence-corrected chi connectivity index (χ4v) is 4.51. The van der Waals surface area contributed by atoms with Crippen LogP contribution in [-0.4, -0.2) is 26.8 Å². The van der Waals surface area contributed by atoms with Crippen LogP contribution in [0.3, 0.4) is 0 Å². The van der Waals surface area contributed by atoms with Crippen molar-refractivity contribution in [3.8, 4) is 28.5 Å². The van der Waals surface area contributed by atoms with Gasteiger partial charge in [-0.1, -0.05) is 48.0 Å². The molecule has 192 valence electrons. The summed E-state index contributed by atoms with van der Waals surface area (Å²) in [5, 5.41) is 22.8. The standard InChI is InChI=1S/C29H15ClF3N3O3/c30-23-3-1-2-22(29(31,32)33)25(23)27(37)36-24-14-20(17-6-4-16(15-34)5-7-17)12-13-21(24)26(35-36)18-8-10-19(11-9-18)28(38)39/h1-14H,(H,38,39). The van der Waals surface area contributed by atoms with Gasteiger partial charge in [0, 0.05) is 10.9 Å². The van der Waals surface area contributed by atoms with E-state index in [-0.39, 0.29) is 21.8 Å². The monoisotopic (exact) mass is 545 g/mol. The molecule has 0 fully saturated rings. The zero-order valence-electron chi connectivity index (χ0n) is 19.7. The fraction of sp³-hybridized carbons (Fsp3) is 0.0345. The molecule has 6 nitrogen and oxygen atoms in total. The highest BCUT2D eigenvalue weighted by Gasteiger charge is 2.37. The van der Waals surface area contributed by atoms with E-state index >= 15 is 0 Å². The molecular weight excluding hydrogens is 531 g/mol. The molecule has 0 radical (unpaired) electrons. The maximum absolute atomic E-state index is 13.8. The number of benzene rings is 4. The zero-order valence-corrected chi connectivity index (χ0v) is 20.5. The summed E-state index contributed by atoms with van der Waals surface area (Å²) in [5.41, 5.74) is 0.818. The van der Waals surface area contributed by atoms with Crippen molar-refractivity contribution in [1.29, 1.82) is 5.26 Å². The van der Waals surface area contributed by atoms with Crippen LogP contribution in [0.5, 0.6) is 0 Å². The molecule has 0 bridgehead atoms. The average molecular weight is 546 g/mol. The number of carbonyl (C=O) groups excluding carboxylic acids is 1. The average Bonchev–Trinajstić information content (AvgIpc) is 3.31. The van der Waals surface area contributed by atoms with Gasteiger partial charge in [-0.25, -0.2) is 4.79 Å². The first-order valence-electron chi connectivity index (χ1n) is 11.4. The lowest BCUT2D eigenvalue weighted by atomic mass is 10.0. The Hall–Kier alpha value is -4.94. The van der Waals surface area contributed by atoms with Crippen LogP contribution in [0.2, 0.25) is 5.02 Å². The molecule has 10 heteroatoms. The number of carbonyl (C=O) groups is 2. The fourth-order valence-electron chi connectivity index (χ4n) is 4.25. The molecule has 0 spiro atoms. The summed E-state index contributed by atoms with van der Waals surface area (Å²) in [7, 11) is 0. The predicted molar refractivity (Wildman–Crippen MR) is 138 cm³/mol. The summed E-state index contributed by atoms with van der Waals surface area (Å²) >= 11 is 6.11. The molecule has 0 saturated heterocycles. The third kappa shape index (κ3) is 4.74. The predicted octanol–water partition coefficient (Wildman–Crippen LogP) is 7.30. The van der Waals surface area contributed by atoms with Gasteiger partial charge >= 0.3 is 12.1 Å². The van der Waals surface area contributed by atoms with Gasteiger partial charge in [0.15, 0.2) is 0 Å². The van der Waals surface area contributed by atoms with Crippen molar-refractivity contribution in [1.82, 2.24) is 9.78 Å². The highest BCUT2D eigenvalue weighted by Crippen LogP contribution is 2.37. The van der Waals surface area contributed by atoms with Gasteiger partial charge in [-0.2, -0.15) is 28.2 Å². The lowest BCUT2D eigenvalue weighted by molar-refractivity contribution is -0.137. The Kier molecular flexibility index (Phi) is 6.42. The first kappa shape index (κ1) is 25.7.